The number of imide groups is 1. The average molecular weight is 258 g/mol. The molecule has 1 fully saturated rings. The van der Waals surface area contributed by atoms with Gasteiger partial charge >= 0.3 is 6.03 Å². The van der Waals surface area contributed by atoms with Gasteiger partial charge in [0.1, 0.15) is 5.54 Å². The van der Waals surface area contributed by atoms with E-state index in [1.807, 2.05) is 6.07 Å². The number of urea groups is 1. The normalized spacial score (nSPS) is 23.9. The van der Waals surface area contributed by atoms with Crippen LogP contribution in [0.15, 0.2) is 24.5 Å². The van der Waals surface area contributed by atoms with E-state index in [4.69, 9.17) is 5.26 Å². The van der Waals surface area contributed by atoms with Crippen molar-refractivity contribution in [2.75, 3.05) is 6.54 Å². The molecule has 0 saturated carbocycles. The highest BCUT2D eigenvalue weighted by atomic mass is 16.2. The topological polar surface area (TPSA) is 86.1 Å². The summed E-state index contributed by atoms with van der Waals surface area (Å²) in [7, 11) is 0. The molecule has 0 spiro atoms. The van der Waals surface area contributed by atoms with E-state index in [9.17, 15) is 9.59 Å². The molecule has 1 aromatic rings. The molecule has 6 nitrogen and oxygen atoms in total. The van der Waals surface area contributed by atoms with E-state index < -0.39 is 17.5 Å². The highest BCUT2D eigenvalue weighted by Gasteiger charge is 2.49. The van der Waals surface area contributed by atoms with Crippen LogP contribution in [0.5, 0.6) is 0 Å². The zero-order chi connectivity index (χ0) is 14.0. The smallest absolute Gasteiger partial charge is 0.319 e. The standard InChI is InChI=1S/C13H14N4O2/c1-9(6-14)8-17-11(18)13(2,16-12(17)19)10-4-3-5-15-7-10/h3-5,7,9H,8H2,1-2H3,(H,16,19). The monoisotopic (exact) mass is 258 g/mol. The Hall–Kier alpha value is -2.42. The van der Waals surface area contributed by atoms with Crippen LogP contribution >= 0.6 is 0 Å². The lowest BCUT2D eigenvalue weighted by atomic mass is 9.93. The van der Waals surface area contributed by atoms with Gasteiger partial charge in [-0.2, -0.15) is 5.26 Å². The maximum absolute atomic E-state index is 12.4. The Balaban J connectivity index is 2.30. The number of amides is 3. The Kier molecular flexibility index (Phi) is 3.21. The minimum atomic E-state index is -1.11. The van der Waals surface area contributed by atoms with Crippen LogP contribution in [-0.4, -0.2) is 28.4 Å². The Labute approximate surface area is 111 Å². The number of rotatable bonds is 3. The van der Waals surface area contributed by atoms with E-state index >= 15 is 0 Å². The van der Waals surface area contributed by atoms with Crippen molar-refractivity contribution in [3.05, 3.63) is 30.1 Å². The molecular formula is C13H14N4O2. The fourth-order valence-corrected chi connectivity index (χ4v) is 2.03. The molecule has 0 aromatic carbocycles. The average Bonchev–Trinajstić information content (AvgIpc) is 2.64. The van der Waals surface area contributed by atoms with Gasteiger partial charge in [0.15, 0.2) is 0 Å². The molecule has 98 valence electrons. The summed E-state index contributed by atoms with van der Waals surface area (Å²) in [4.78, 5) is 29.3. The van der Waals surface area contributed by atoms with Gasteiger partial charge in [0.05, 0.1) is 12.0 Å². The summed E-state index contributed by atoms with van der Waals surface area (Å²) in [5, 5.41) is 11.4. The number of carbonyl (C=O) groups excluding carboxylic acids is 2. The maximum atomic E-state index is 12.4. The molecule has 2 unspecified atom stereocenters. The number of pyridine rings is 1. The maximum Gasteiger partial charge on any atom is 0.325 e. The van der Waals surface area contributed by atoms with Crippen molar-refractivity contribution in [1.82, 2.24) is 15.2 Å². The van der Waals surface area contributed by atoms with Gasteiger partial charge < -0.3 is 5.32 Å². The van der Waals surface area contributed by atoms with Crippen LogP contribution in [0, 0.1) is 17.2 Å². The predicted molar refractivity (Wildman–Crippen MR) is 66.6 cm³/mol. The Morgan fingerprint density at radius 3 is 2.89 bits per heavy atom. The molecule has 6 heteroatoms. The van der Waals surface area contributed by atoms with E-state index in [0.717, 1.165) is 4.90 Å². The number of carbonyl (C=O) groups is 2. The molecule has 19 heavy (non-hydrogen) atoms. The molecule has 2 rings (SSSR count). The third-order valence-electron chi connectivity index (χ3n) is 3.19. The van der Waals surface area contributed by atoms with Gasteiger partial charge in [-0.15, -0.1) is 0 Å². The third kappa shape index (κ3) is 2.15. The summed E-state index contributed by atoms with van der Waals surface area (Å²) >= 11 is 0. The number of nitrogens with zero attached hydrogens (tertiary/aromatic N) is 3. The van der Waals surface area contributed by atoms with Gasteiger partial charge in [0.25, 0.3) is 5.91 Å². The van der Waals surface area contributed by atoms with E-state index in [1.54, 1.807) is 38.4 Å². The molecule has 2 heterocycles. The SMILES string of the molecule is CC(C#N)CN1C(=O)NC(C)(c2cccnc2)C1=O. The van der Waals surface area contributed by atoms with Crippen LogP contribution in [0.25, 0.3) is 0 Å². The third-order valence-corrected chi connectivity index (χ3v) is 3.19. The van der Waals surface area contributed by atoms with E-state index in [2.05, 4.69) is 10.3 Å². The fourth-order valence-electron chi connectivity index (χ4n) is 2.03. The van der Waals surface area contributed by atoms with Crippen LogP contribution in [0.2, 0.25) is 0 Å². The van der Waals surface area contributed by atoms with Gasteiger partial charge in [0, 0.05) is 24.5 Å². The van der Waals surface area contributed by atoms with Crippen molar-refractivity contribution in [2.24, 2.45) is 5.92 Å². The quantitative estimate of drug-likeness (QED) is 0.820. The zero-order valence-electron chi connectivity index (χ0n) is 10.8. The van der Waals surface area contributed by atoms with E-state index in [0.29, 0.717) is 5.56 Å². The van der Waals surface area contributed by atoms with Gasteiger partial charge in [0.2, 0.25) is 0 Å². The second kappa shape index (κ2) is 4.69. The van der Waals surface area contributed by atoms with Crippen LogP contribution in [-0.2, 0) is 10.3 Å². The molecule has 1 aliphatic heterocycles. The lowest BCUT2D eigenvalue weighted by molar-refractivity contribution is -0.131. The molecule has 0 aliphatic carbocycles. The van der Waals surface area contributed by atoms with Crippen LogP contribution in [0.3, 0.4) is 0 Å². The first-order valence-corrected chi connectivity index (χ1v) is 5.93. The molecule has 3 amide bonds. The van der Waals surface area contributed by atoms with Crippen molar-refractivity contribution in [2.45, 2.75) is 19.4 Å². The Morgan fingerprint density at radius 1 is 1.58 bits per heavy atom. The van der Waals surface area contributed by atoms with Crippen LogP contribution in [0.1, 0.15) is 19.4 Å². The minimum Gasteiger partial charge on any atom is -0.319 e. The molecule has 1 aromatic heterocycles. The second-order valence-corrected chi connectivity index (χ2v) is 4.74. The number of hydrogen-bond donors (Lipinski definition) is 1. The van der Waals surface area contributed by atoms with Crippen LogP contribution < -0.4 is 5.32 Å². The first kappa shape index (κ1) is 13.0. The first-order chi connectivity index (χ1) is 8.99. The summed E-state index contributed by atoms with van der Waals surface area (Å²) < 4.78 is 0. The number of nitrogens with one attached hydrogen (secondary N) is 1. The van der Waals surface area contributed by atoms with E-state index in [-0.39, 0.29) is 12.5 Å². The summed E-state index contributed by atoms with van der Waals surface area (Å²) in [6.45, 7) is 3.40. The summed E-state index contributed by atoms with van der Waals surface area (Å²) in [5.41, 5.74) is -0.485. The van der Waals surface area contributed by atoms with Crippen molar-refractivity contribution in [3.8, 4) is 6.07 Å². The summed E-state index contributed by atoms with van der Waals surface area (Å²) in [6.07, 6.45) is 3.15. The van der Waals surface area contributed by atoms with Gasteiger partial charge in [-0.1, -0.05) is 6.07 Å². The van der Waals surface area contributed by atoms with E-state index in [1.165, 1.54) is 0 Å². The number of aromatic nitrogens is 1. The number of hydrogen-bond acceptors (Lipinski definition) is 4. The number of nitriles is 1. The molecular weight excluding hydrogens is 244 g/mol. The van der Waals surface area contributed by atoms with Crippen molar-refractivity contribution >= 4 is 11.9 Å². The summed E-state index contributed by atoms with van der Waals surface area (Å²) in [5.74, 6) is -0.751. The lowest BCUT2D eigenvalue weighted by Gasteiger charge is -2.21. The fraction of sp³-hybridized carbons (Fsp3) is 0.385. The zero-order valence-corrected chi connectivity index (χ0v) is 10.8. The van der Waals surface area contributed by atoms with Gasteiger partial charge in [-0.05, 0) is 19.9 Å². The summed E-state index contributed by atoms with van der Waals surface area (Å²) in [6, 6.07) is 4.99. The largest absolute Gasteiger partial charge is 0.325 e. The predicted octanol–water partition coefficient (Wildman–Crippen LogP) is 1.01. The van der Waals surface area contributed by atoms with Gasteiger partial charge in [-0.25, -0.2) is 4.79 Å². The lowest BCUT2D eigenvalue weighted by Crippen LogP contribution is -2.41. The van der Waals surface area contributed by atoms with Crippen molar-refractivity contribution in [3.63, 3.8) is 0 Å². The van der Waals surface area contributed by atoms with Crippen molar-refractivity contribution < 1.29 is 9.59 Å². The molecule has 1 saturated heterocycles. The first-order valence-electron chi connectivity index (χ1n) is 5.93. The molecule has 2 atom stereocenters. The highest BCUT2D eigenvalue weighted by molar-refractivity contribution is 6.07. The van der Waals surface area contributed by atoms with Crippen LogP contribution in [0.4, 0.5) is 4.79 Å². The highest BCUT2D eigenvalue weighted by Crippen LogP contribution is 2.28. The molecule has 1 aliphatic rings. The Bertz CT molecular complexity index is 552. The molecule has 0 bridgehead atoms. The minimum absolute atomic E-state index is 0.0943. The van der Waals surface area contributed by atoms with Gasteiger partial charge in [-0.3, -0.25) is 14.7 Å². The Morgan fingerprint density at radius 2 is 2.32 bits per heavy atom. The molecule has 1 N–H and O–H groups in total. The van der Waals surface area contributed by atoms with Crippen molar-refractivity contribution in [1.29, 1.82) is 5.26 Å². The second-order valence-electron chi connectivity index (χ2n) is 4.74. The molecule has 0 radical (unpaired) electrons.